The molecule has 3 rings (SSSR count). The summed E-state index contributed by atoms with van der Waals surface area (Å²) in [4.78, 5) is 35.1. The number of rotatable bonds is 6. The number of amides is 3. The number of carbonyl (C=O) groups excluding carboxylic acids is 3. The lowest BCUT2D eigenvalue weighted by atomic mass is 10.1. The Bertz CT molecular complexity index is 811. The van der Waals surface area contributed by atoms with E-state index in [2.05, 4.69) is 10.6 Å². The van der Waals surface area contributed by atoms with Gasteiger partial charge >= 0.3 is 0 Å². The van der Waals surface area contributed by atoms with E-state index < -0.39 is 5.91 Å². The smallest absolute Gasteiger partial charge is 0.251 e. The maximum atomic E-state index is 12.2. The molecule has 2 aromatic rings. The molecule has 0 heterocycles. The molecule has 0 aromatic heterocycles. The normalized spacial score (nSPS) is 13.1. The summed E-state index contributed by atoms with van der Waals surface area (Å²) in [7, 11) is 0. The van der Waals surface area contributed by atoms with Crippen LogP contribution in [0.3, 0.4) is 0 Å². The average molecular weight is 337 g/mol. The maximum Gasteiger partial charge on any atom is 0.251 e. The first-order chi connectivity index (χ1) is 12.0. The molecule has 3 amide bonds. The van der Waals surface area contributed by atoms with Gasteiger partial charge in [0.1, 0.15) is 0 Å². The molecule has 0 saturated heterocycles. The first-order valence-electron chi connectivity index (χ1n) is 8.11. The van der Waals surface area contributed by atoms with Gasteiger partial charge in [0.15, 0.2) is 0 Å². The van der Waals surface area contributed by atoms with Crippen LogP contribution in [0.25, 0.3) is 0 Å². The minimum absolute atomic E-state index is 0.0338. The number of nitrogens with one attached hydrogen (secondary N) is 2. The van der Waals surface area contributed by atoms with Crippen molar-refractivity contribution < 1.29 is 14.4 Å². The molecular weight excluding hydrogens is 318 g/mol. The topological polar surface area (TPSA) is 101 Å². The van der Waals surface area contributed by atoms with E-state index in [1.165, 1.54) is 0 Å². The molecule has 25 heavy (non-hydrogen) atoms. The standard InChI is InChI=1S/C19H19N3O3/c20-17(23)15-3-1-2-12(10-15)11-21-18(24)13-6-8-16(9-7-13)22-19(25)14-4-5-14/h1-3,6-10,14H,4-5,11H2,(H2,20,23)(H,21,24)(H,22,25). The molecule has 0 atom stereocenters. The molecule has 6 nitrogen and oxygen atoms in total. The summed E-state index contributed by atoms with van der Waals surface area (Å²) < 4.78 is 0. The Hall–Kier alpha value is -3.15. The van der Waals surface area contributed by atoms with Gasteiger partial charge in [-0.15, -0.1) is 0 Å². The van der Waals surface area contributed by atoms with Crippen molar-refractivity contribution in [3.05, 3.63) is 65.2 Å². The van der Waals surface area contributed by atoms with E-state index >= 15 is 0 Å². The summed E-state index contributed by atoms with van der Waals surface area (Å²) >= 11 is 0. The van der Waals surface area contributed by atoms with E-state index in [-0.39, 0.29) is 17.7 Å². The van der Waals surface area contributed by atoms with E-state index in [4.69, 9.17) is 5.73 Å². The van der Waals surface area contributed by atoms with Gasteiger partial charge in [-0.2, -0.15) is 0 Å². The molecule has 0 aliphatic heterocycles. The SMILES string of the molecule is NC(=O)c1cccc(CNC(=O)c2ccc(NC(=O)C3CC3)cc2)c1. The third-order valence-electron chi connectivity index (χ3n) is 4.03. The maximum absolute atomic E-state index is 12.2. The van der Waals surface area contributed by atoms with Crippen LogP contribution < -0.4 is 16.4 Å². The Kier molecular flexibility index (Phi) is 4.79. The minimum atomic E-state index is -0.503. The Morgan fingerprint density at radius 2 is 1.72 bits per heavy atom. The number of hydrogen-bond donors (Lipinski definition) is 3. The second-order valence-corrected chi connectivity index (χ2v) is 6.09. The average Bonchev–Trinajstić information content (AvgIpc) is 3.46. The second-order valence-electron chi connectivity index (χ2n) is 6.09. The molecule has 6 heteroatoms. The lowest BCUT2D eigenvalue weighted by Gasteiger charge is -2.08. The summed E-state index contributed by atoms with van der Waals surface area (Å²) in [6.07, 6.45) is 1.90. The van der Waals surface area contributed by atoms with Crippen LogP contribution in [0.1, 0.15) is 39.1 Å². The molecule has 1 saturated carbocycles. The van der Waals surface area contributed by atoms with E-state index in [0.717, 1.165) is 18.4 Å². The number of hydrogen-bond acceptors (Lipinski definition) is 3. The quantitative estimate of drug-likeness (QED) is 0.752. The second kappa shape index (κ2) is 7.17. The van der Waals surface area contributed by atoms with Crippen molar-refractivity contribution in [2.45, 2.75) is 19.4 Å². The van der Waals surface area contributed by atoms with Gasteiger partial charge in [0, 0.05) is 29.3 Å². The third kappa shape index (κ3) is 4.44. The Morgan fingerprint density at radius 3 is 2.36 bits per heavy atom. The van der Waals surface area contributed by atoms with Crippen LogP contribution in [0.5, 0.6) is 0 Å². The van der Waals surface area contributed by atoms with Crippen LogP contribution >= 0.6 is 0 Å². The first-order valence-corrected chi connectivity index (χ1v) is 8.11. The van der Waals surface area contributed by atoms with Gasteiger partial charge in [0.25, 0.3) is 5.91 Å². The van der Waals surface area contributed by atoms with Crippen molar-refractivity contribution in [3.63, 3.8) is 0 Å². The first kappa shape index (κ1) is 16.7. The number of benzene rings is 2. The largest absolute Gasteiger partial charge is 0.366 e. The van der Waals surface area contributed by atoms with Gasteiger partial charge in [-0.25, -0.2) is 0 Å². The van der Waals surface area contributed by atoms with Gasteiger partial charge in [-0.05, 0) is 54.8 Å². The van der Waals surface area contributed by atoms with Gasteiger partial charge in [-0.3, -0.25) is 14.4 Å². The van der Waals surface area contributed by atoms with Crippen LogP contribution in [0.2, 0.25) is 0 Å². The zero-order valence-electron chi connectivity index (χ0n) is 13.6. The Morgan fingerprint density at radius 1 is 1.00 bits per heavy atom. The molecular formula is C19H19N3O3. The minimum Gasteiger partial charge on any atom is -0.366 e. The summed E-state index contributed by atoms with van der Waals surface area (Å²) in [6.45, 7) is 0.292. The predicted molar refractivity (Wildman–Crippen MR) is 93.9 cm³/mol. The summed E-state index contributed by atoms with van der Waals surface area (Å²) in [5.41, 5.74) is 7.62. The molecule has 1 fully saturated rings. The van der Waals surface area contributed by atoms with Gasteiger partial charge in [0.2, 0.25) is 11.8 Å². The highest BCUT2D eigenvalue weighted by atomic mass is 16.2. The van der Waals surface area contributed by atoms with Crippen LogP contribution in [-0.2, 0) is 11.3 Å². The zero-order chi connectivity index (χ0) is 17.8. The van der Waals surface area contributed by atoms with Crippen molar-refractivity contribution in [2.75, 3.05) is 5.32 Å². The fourth-order valence-corrected chi connectivity index (χ4v) is 2.41. The molecule has 1 aliphatic carbocycles. The highest BCUT2D eigenvalue weighted by Gasteiger charge is 2.29. The van der Waals surface area contributed by atoms with Crippen molar-refractivity contribution in [2.24, 2.45) is 11.7 Å². The lowest BCUT2D eigenvalue weighted by Crippen LogP contribution is -2.23. The van der Waals surface area contributed by atoms with Crippen LogP contribution in [0, 0.1) is 5.92 Å². The van der Waals surface area contributed by atoms with E-state index in [0.29, 0.717) is 23.4 Å². The Balaban J connectivity index is 1.56. The van der Waals surface area contributed by atoms with Gasteiger partial charge < -0.3 is 16.4 Å². The van der Waals surface area contributed by atoms with Crippen LogP contribution in [0.15, 0.2) is 48.5 Å². The van der Waals surface area contributed by atoms with Crippen molar-refractivity contribution in [3.8, 4) is 0 Å². The van der Waals surface area contributed by atoms with Crippen molar-refractivity contribution in [1.29, 1.82) is 0 Å². The van der Waals surface area contributed by atoms with E-state index in [9.17, 15) is 14.4 Å². The van der Waals surface area contributed by atoms with Gasteiger partial charge in [0.05, 0.1) is 0 Å². The number of carbonyl (C=O) groups is 3. The molecule has 2 aromatic carbocycles. The summed E-state index contributed by atoms with van der Waals surface area (Å²) in [5.74, 6) is -0.563. The summed E-state index contributed by atoms with van der Waals surface area (Å²) in [5, 5.41) is 5.62. The summed E-state index contributed by atoms with van der Waals surface area (Å²) in [6, 6.07) is 13.6. The molecule has 4 N–H and O–H groups in total. The number of nitrogens with two attached hydrogens (primary N) is 1. The number of anilines is 1. The van der Waals surface area contributed by atoms with Crippen molar-refractivity contribution in [1.82, 2.24) is 5.32 Å². The highest BCUT2D eigenvalue weighted by Crippen LogP contribution is 2.30. The third-order valence-corrected chi connectivity index (χ3v) is 4.03. The fourth-order valence-electron chi connectivity index (χ4n) is 2.41. The molecule has 0 spiro atoms. The fraction of sp³-hybridized carbons (Fsp3) is 0.211. The molecule has 128 valence electrons. The lowest BCUT2D eigenvalue weighted by molar-refractivity contribution is -0.117. The Labute approximate surface area is 145 Å². The monoisotopic (exact) mass is 337 g/mol. The zero-order valence-corrected chi connectivity index (χ0v) is 13.6. The molecule has 0 radical (unpaired) electrons. The predicted octanol–water partition coefficient (Wildman–Crippen LogP) is 2.06. The molecule has 1 aliphatic rings. The number of primary amides is 1. The van der Waals surface area contributed by atoms with Crippen LogP contribution in [-0.4, -0.2) is 17.7 Å². The molecule has 0 unspecified atom stereocenters. The van der Waals surface area contributed by atoms with E-state index in [1.54, 1.807) is 42.5 Å². The van der Waals surface area contributed by atoms with Gasteiger partial charge in [-0.1, -0.05) is 12.1 Å². The highest BCUT2D eigenvalue weighted by molar-refractivity contribution is 5.97. The van der Waals surface area contributed by atoms with Crippen molar-refractivity contribution >= 4 is 23.4 Å². The van der Waals surface area contributed by atoms with E-state index in [1.807, 2.05) is 6.07 Å². The van der Waals surface area contributed by atoms with Crippen LogP contribution in [0.4, 0.5) is 5.69 Å². The molecule has 0 bridgehead atoms.